The highest BCUT2D eigenvalue weighted by molar-refractivity contribution is 5.78. The van der Waals surface area contributed by atoms with E-state index in [4.69, 9.17) is 0 Å². The van der Waals surface area contributed by atoms with Crippen molar-refractivity contribution in [2.24, 2.45) is 5.92 Å². The van der Waals surface area contributed by atoms with Crippen molar-refractivity contribution in [1.29, 1.82) is 0 Å². The molecule has 0 radical (unpaired) electrons. The monoisotopic (exact) mass is 210 g/mol. The Kier molecular flexibility index (Phi) is 4.01. The van der Waals surface area contributed by atoms with Gasteiger partial charge in [-0.1, -0.05) is 25.7 Å². The molecule has 0 spiro atoms. The highest BCUT2D eigenvalue weighted by Gasteiger charge is 2.23. The number of carbonyl (C=O) groups excluding carboxylic acids is 1. The topological polar surface area (TPSA) is 32.3 Å². The summed E-state index contributed by atoms with van der Waals surface area (Å²) < 4.78 is 0. The van der Waals surface area contributed by atoms with Crippen molar-refractivity contribution in [3.8, 4) is 0 Å². The molecular weight excluding hydrogens is 188 g/mol. The molecular formula is C12H22N2O. The van der Waals surface area contributed by atoms with E-state index in [-0.39, 0.29) is 5.91 Å². The van der Waals surface area contributed by atoms with Crippen LogP contribution in [0.2, 0.25) is 0 Å². The fourth-order valence-electron chi connectivity index (χ4n) is 2.62. The minimum absolute atomic E-state index is 0.275. The second-order valence-corrected chi connectivity index (χ2v) is 4.86. The molecule has 0 aromatic heterocycles. The first-order chi connectivity index (χ1) is 7.36. The van der Waals surface area contributed by atoms with Crippen LogP contribution in [0, 0.1) is 5.92 Å². The Bertz CT molecular complexity index is 206. The summed E-state index contributed by atoms with van der Waals surface area (Å²) in [7, 11) is 0. The summed E-state index contributed by atoms with van der Waals surface area (Å²) in [6.07, 6.45) is 9.74. The minimum atomic E-state index is 0.275. The highest BCUT2D eigenvalue weighted by Crippen LogP contribution is 2.23. The van der Waals surface area contributed by atoms with Gasteiger partial charge in [-0.05, 0) is 25.7 Å². The third-order valence-electron chi connectivity index (χ3n) is 3.60. The summed E-state index contributed by atoms with van der Waals surface area (Å²) in [6, 6.07) is 0. The SMILES string of the molecule is O=C(NN1CCCCC1)C1CCCCC1. The molecule has 2 rings (SSSR count). The molecule has 0 unspecified atom stereocenters. The van der Waals surface area contributed by atoms with E-state index in [2.05, 4.69) is 10.4 Å². The maximum atomic E-state index is 11.9. The van der Waals surface area contributed by atoms with Crippen LogP contribution >= 0.6 is 0 Å². The van der Waals surface area contributed by atoms with Crippen molar-refractivity contribution in [2.75, 3.05) is 13.1 Å². The van der Waals surface area contributed by atoms with Gasteiger partial charge in [0.25, 0.3) is 0 Å². The van der Waals surface area contributed by atoms with Crippen LogP contribution in [0.25, 0.3) is 0 Å². The molecule has 1 heterocycles. The quantitative estimate of drug-likeness (QED) is 0.757. The first-order valence-electron chi connectivity index (χ1n) is 6.42. The lowest BCUT2D eigenvalue weighted by molar-refractivity contribution is -0.131. The fourth-order valence-corrected chi connectivity index (χ4v) is 2.62. The van der Waals surface area contributed by atoms with Crippen molar-refractivity contribution >= 4 is 5.91 Å². The molecule has 3 nitrogen and oxygen atoms in total. The predicted molar refractivity (Wildman–Crippen MR) is 60.1 cm³/mol. The van der Waals surface area contributed by atoms with Crippen LogP contribution < -0.4 is 5.43 Å². The third kappa shape index (κ3) is 3.20. The van der Waals surface area contributed by atoms with Gasteiger partial charge in [-0.15, -0.1) is 0 Å². The number of carbonyl (C=O) groups is 1. The van der Waals surface area contributed by atoms with E-state index in [9.17, 15) is 4.79 Å². The molecule has 0 aromatic rings. The zero-order valence-corrected chi connectivity index (χ0v) is 9.50. The van der Waals surface area contributed by atoms with Gasteiger partial charge < -0.3 is 0 Å². The molecule has 2 aliphatic rings. The number of rotatable bonds is 2. The van der Waals surface area contributed by atoms with Gasteiger partial charge >= 0.3 is 0 Å². The first-order valence-corrected chi connectivity index (χ1v) is 6.42. The number of nitrogens with zero attached hydrogens (tertiary/aromatic N) is 1. The molecule has 0 aromatic carbocycles. The lowest BCUT2D eigenvalue weighted by Crippen LogP contribution is -2.47. The largest absolute Gasteiger partial charge is 0.289 e. The van der Waals surface area contributed by atoms with E-state index >= 15 is 0 Å². The summed E-state index contributed by atoms with van der Waals surface area (Å²) in [5.74, 6) is 0.567. The van der Waals surface area contributed by atoms with Crippen molar-refractivity contribution in [3.63, 3.8) is 0 Å². The van der Waals surface area contributed by atoms with E-state index in [0.29, 0.717) is 5.92 Å². The number of hydrogen-bond donors (Lipinski definition) is 1. The lowest BCUT2D eigenvalue weighted by Gasteiger charge is -2.29. The zero-order valence-electron chi connectivity index (χ0n) is 9.50. The van der Waals surface area contributed by atoms with E-state index in [1.54, 1.807) is 0 Å². The minimum Gasteiger partial charge on any atom is -0.289 e. The van der Waals surface area contributed by atoms with Crippen LogP contribution in [0.1, 0.15) is 51.4 Å². The van der Waals surface area contributed by atoms with Gasteiger partial charge in [0.2, 0.25) is 5.91 Å². The lowest BCUT2D eigenvalue weighted by atomic mass is 9.89. The van der Waals surface area contributed by atoms with Gasteiger partial charge in [-0.2, -0.15) is 0 Å². The molecule has 2 fully saturated rings. The zero-order chi connectivity index (χ0) is 10.5. The Balaban J connectivity index is 1.74. The van der Waals surface area contributed by atoms with Crippen LogP contribution in [0.5, 0.6) is 0 Å². The molecule has 0 atom stereocenters. The van der Waals surface area contributed by atoms with Gasteiger partial charge in [-0.3, -0.25) is 10.2 Å². The average molecular weight is 210 g/mol. The van der Waals surface area contributed by atoms with Gasteiger partial charge in [0.05, 0.1) is 0 Å². The number of piperidine rings is 1. The number of hydrazine groups is 1. The molecule has 1 saturated carbocycles. The van der Waals surface area contributed by atoms with Gasteiger partial charge in [0.15, 0.2) is 0 Å². The van der Waals surface area contributed by atoms with E-state index in [0.717, 1.165) is 25.9 Å². The molecule has 1 N–H and O–H groups in total. The smallest absolute Gasteiger partial charge is 0.237 e. The highest BCUT2D eigenvalue weighted by atomic mass is 16.2. The van der Waals surface area contributed by atoms with Crippen molar-refractivity contribution in [2.45, 2.75) is 51.4 Å². The number of amides is 1. The summed E-state index contributed by atoms with van der Waals surface area (Å²) in [5, 5.41) is 2.11. The number of nitrogens with one attached hydrogen (secondary N) is 1. The van der Waals surface area contributed by atoms with Gasteiger partial charge in [0, 0.05) is 19.0 Å². The van der Waals surface area contributed by atoms with Gasteiger partial charge in [0.1, 0.15) is 0 Å². The third-order valence-corrected chi connectivity index (χ3v) is 3.60. The van der Waals surface area contributed by atoms with Crippen LogP contribution in [-0.4, -0.2) is 24.0 Å². The molecule has 86 valence electrons. The molecule has 1 aliphatic carbocycles. The Morgan fingerprint density at radius 3 is 2.20 bits per heavy atom. The molecule has 0 bridgehead atoms. The molecule has 1 amide bonds. The van der Waals surface area contributed by atoms with E-state index < -0.39 is 0 Å². The standard InChI is InChI=1S/C12H22N2O/c15-12(11-7-3-1-4-8-11)13-14-9-5-2-6-10-14/h11H,1-10H2,(H,13,15). The maximum Gasteiger partial charge on any atom is 0.237 e. The number of hydrogen-bond acceptors (Lipinski definition) is 2. The van der Waals surface area contributed by atoms with Crippen LogP contribution in [0.15, 0.2) is 0 Å². The summed E-state index contributed by atoms with van der Waals surface area (Å²) in [4.78, 5) is 11.9. The van der Waals surface area contributed by atoms with Crippen molar-refractivity contribution in [1.82, 2.24) is 10.4 Å². The maximum absolute atomic E-state index is 11.9. The molecule has 3 heteroatoms. The Hall–Kier alpha value is -0.570. The first kappa shape index (κ1) is 10.9. The normalized spacial score (nSPS) is 25.1. The summed E-state index contributed by atoms with van der Waals surface area (Å²) in [5.41, 5.74) is 3.08. The van der Waals surface area contributed by atoms with E-state index in [1.807, 2.05) is 0 Å². The second-order valence-electron chi connectivity index (χ2n) is 4.86. The van der Waals surface area contributed by atoms with Crippen molar-refractivity contribution < 1.29 is 4.79 Å². The Morgan fingerprint density at radius 1 is 0.933 bits per heavy atom. The molecule has 1 saturated heterocycles. The molecule has 1 aliphatic heterocycles. The van der Waals surface area contributed by atoms with Crippen LogP contribution in [0.4, 0.5) is 0 Å². The molecule has 15 heavy (non-hydrogen) atoms. The summed E-state index contributed by atoms with van der Waals surface area (Å²) >= 11 is 0. The average Bonchev–Trinajstić information content (AvgIpc) is 2.31. The Labute approximate surface area is 92.2 Å². The second kappa shape index (κ2) is 5.50. The van der Waals surface area contributed by atoms with Gasteiger partial charge in [-0.25, -0.2) is 5.01 Å². The van der Waals surface area contributed by atoms with Crippen LogP contribution in [0.3, 0.4) is 0 Å². The van der Waals surface area contributed by atoms with Crippen LogP contribution in [-0.2, 0) is 4.79 Å². The fraction of sp³-hybridized carbons (Fsp3) is 0.917. The van der Waals surface area contributed by atoms with E-state index in [1.165, 1.54) is 38.5 Å². The van der Waals surface area contributed by atoms with Crippen molar-refractivity contribution in [3.05, 3.63) is 0 Å². The summed E-state index contributed by atoms with van der Waals surface area (Å²) in [6.45, 7) is 2.08. The Morgan fingerprint density at radius 2 is 1.53 bits per heavy atom. The predicted octanol–water partition coefficient (Wildman–Crippen LogP) is 2.08.